The van der Waals surface area contributed by atoms with Crippen LogP contribution in [0.3, 0.4) is 0 Å². The van der Waals surface area contributed by atoms with Gasteiger partial charge in [-0.3, -0.25) is 0 Å². The zero-order valence-corrected chi connectivity index (χ0v) is 17.9. The number of ether oxygens (including phenoxy) is 2. The minimum absolute atomic E-state index is 0.436. The first kappa shape index (κ1) is 20.7. The minimum Gasteiger partial charge on any atom is -0.497 e. The maximum atomic E-state index is 5.22. The molecule has 1 fully saturated rings. The Kier molecular flexibility index (Phi) is 6.66. The molecule has 8 nitrogen and oxygen atoms in total. The van der Waals surface area contributed by atoms with Gasteiger partial charge in [0.15, 0.2) is 0 Å². The maximum absolute atomic E-state index is 5.22. The molecule has 31 heavy (non-hydrogen) atoms. The SMILES string of the molecule is COc1ccc(CNc2nc(NCc3ccc(OC)cc3)nc(NC3CCC3)n2)cc1. The van der Waals surface area contributed by atoms with Gasteiger partial charge in [0.25, 0.3) is 0 Å². The zero-order chi connectivity index (χ0) is 21.5. The van der Waals surface area contributed by atoms with Crippen molar-refractivity contribution in [3.05, 3.63) is 59.7 Å². The van der Waals surface area contributed by atoms with Crippen molar-refractivity contribution in [2.45, 2.75) is 38.4 Å². The number of hydrogen-bond donors (Lipinski definition) is 3. The summed E-state index contributed by atoms with van der Waals surface area (Å²) in [4.78, 5) is 13.7. The number of nitrogens with zero attached hydrogens (tertiary/aromatic N) is 3. The first-order valence-corrected chi connectivity index (χ1v) is 10.5. The number of methoxy groups -OCH3 is 2. The minimum atomic E-state index is 0.436. The van der Waals surface area contributed by atoms with E-state index in [4.69, 9.17) is 9.47 Å². The van der Waals surface area contributed by atoms with Crippen LogP contribution in [0, 0.1) is 0 Å². The molecule has 1 saturated carbocycles. The molecule has 0 atom stereocenters. The van der Waals surface area contributed by atoms with Gasteiger partial charge in [0, 0.05) is 19.1 Å². The maximum Gasteiger partial charge on any atom is 0.229 e. The van der Waals surface area contributed by atoms with E-state index in [1.165, 1.54) is 6.42 Å². The lowest BCUT2D eigenvalue weighted by Gasteiger charge is -2.26. The molecule has 0 spiro atoms. The quantitative estimate of drug-likeness (QED) is 0.452. The Morgan fingerprint density at radius 1 is 0.710 bits per heavy atom. The molecule has 3 aromatic rings. The summed E-state index contributed by atoms with van der Waals surface area (Å²) in [6, 6.07) is 16.3. The summed E-state index contributed by atoms with van der Waals surface area (Å²) in [5.74, 6) is 3.32. The fourth-order valence-corrected chi connectivity index (χ4v) is 3.18. The number of anilines is 3. The van der Waals surface area contributed by atoms with Crippen LogP contribution in [0.15, 0.2) is 48.5 Å². The average Bonchev–Trinajstić information content (AvgIpc) is 2.79. The Balaban J connectivity index is 1.44. The van der Waals surface area contributed by atoms with Crippen LogP contribution < -0.4 is 25.4 Å². The molecule has 1 aliphatic carbocycles. The Morgan fingerprint density at radius 3 is 1.55 bits per heavy atom. The van der Waals surface area contributed by atoms with Crippen LogP contribution in [-0.4, -0.2) is 35.2 Å². The van der Waals surface area contributed by atoms with Gasteiger partial charge < -0.3 is 25.4 Å². The lowest BCUT2D eigenvalue weighted by atomic mass is 9.93. The van der Waals surface area contributed by atoms with Gasteiger partial charge in [-0.15, -0.1) is 0 Å². The van der Waals surface area contributed by atoms with E-state index >= 15 is 0 Å². The Bertz CT molecular complexity index is 905. The Hall–Kier alpha value is -3.55. The van der Waals surface area contributed by atoms with E-state index in [9.17, 15) is 0 Å². The van der Waals surface area contributed by atoms with E-state index in [-0.39, 0.29) is 0 Å². The van der Waals surface area contributed by atoms with Crippen LogP contribution >= 0.6 is 0 Å². The highest BCUT2D eigenvalue weighted by atomic mass is 16.5. The summed E-state index contributed by atoms with van der Waals surface area (Å²) in [5.41, 5.74) is 2.23. The largest absolute Gasteiger partial charge is 0.497 e. The molecule has 1 aliphatic rings. The standard InChI is InChI=1S/C23H28N6O2/c1-30-19-10-6-16(7-11-19)14-24-21-27-22(29-23(28-21)26-18-4-3-5-18)25-15-17-8-12-20(31-2)13-9-17/h6-13,18H,3-5,14-15H2,1-2H3,(H3,24,25,26,27,28,29). The molecule has 1 aromatic heterocycles. The summed E-state index contributed by atoms with van der Waals surface area (Å²) in [7, 11) is 3.32. The van der Waals surface area contributed by atoms with Gasteiger partial charge in [0.05, 0.1) is 14.2 Å². The van der Waals surface area contributed by atoms with Crippen LogP contribution in [0.4, 0.5) is 17.8 Å². The number of rotatable bonds is 10. The normalized spacial score (nSPS) is 13.2. The highest BCUT2D eigenvalue weighted by Crippen LogP contribution is 2.23. The van der Waals surface area contributed by atoms with E-state index in [0.717, 1.165) is 35.5 Å². The molecular formula is C23H28N6O2. The van der Waals surface area contributed by atoms with Gasteiger partial charge in [-0.2, -0.15) is 15.0 Å². The number of aromatic nitrogens is 3. The third-order valence-electron chi connectivity index (χ3n) is 5.29. The fraction of sp³-hybridized carbons (Fsp3) is 0.348. The molecule has 1 heterocycles. The molecular weight excluding hydrogens is 392 g/mol. The molecule has 0 unspecified atom stereocenters. The lowest BCUT2D eigenvalue weighted by molar-refractivity contribution is 0.414. The molecule has 0 saturated heterocycles. The molecule has 0 bridgehead atoms. The lowest BCUT2D eigenvalue weighted by Crippen LogP contribution is -2.28. The average molecular weight is 421 g/mol. The van der Waals surface area contributed by atoms with E-state index in [1.54, 1.807) is 14.2 Å². The molecule has 0 radical (unpaired) electrons. The molecule has 8 heteroatoms. The van der Waals surface area contributed by atoms with Crippen molar-refractivity contribution in [3.63, 3.8) is 0 Å². The Labute approximate surface area is 182 Å². The number of nitrogens with one attached hydrogen (secondary N) is 3. The van der Waals surface area contributed by atoms with Crippen molar-refractivity contribution in [3.8, 4) is 11.5 Å². The molecule has 0 amide bonds. The van der Waals surface area contributed by atoms with Crippen molar-refractivity contribution >= 4 is 17.8 Å². The van der Waals surface area contributed by atoms with Gasteiger partial charge in [-0.05, 0) is 54.7 Å². The first-order valence-electron chi connectivity index (χ1n) is 10.5. The van der Waals surface area contributed by atoms with E-state index in [2.05, 4.69) is 30.9 Å². The summed E-state index contributed by atoms with van der Waals surface area (Å²) >= 11 is 0. The van der Waals surface area contributed by atoms with E-state index in [0.29, 0.717) is 37.0 Å². The molecule has 2 aromatic carbocycles. The molecule has 0 aliphatic heterocycles. The van der Waals surface area contributed by atoms with Gasteiger partial charge in [0.2, 0.25) is 17.8 Å². The second-order valence-electron chi connectivity index (χ2n) is 7.48. The zero-order valence-electron chi connectivity index (χ0n) is 17.9. The van der Waals surface area contributed by atoms with Crippen LogP contribution in [0.1, 0.15) is 30.4 Å². The van der Waals surface area contributed by atoms with Crippen LogP contribution in [0.25, 0.3) is 0 Å². The predicted molar refractivity (Wildman–Crippen MR) is 122 cm³/mol. The van der Waals surface area contributed by atoms with Crippen molar-refractivity contribution in [1.82, 2.24) is 15.0 Å². The Morgan fingerprint density at radius 2 is 1.16 bits per heavy atom. The second kappa shape index (κ2) is 9.97. The highest BCUT2D eigenvalue weighted by molar-refractivity contribution is 5.44. The molecule has 162 valence electrons. The topological polar surface area (TPSA) is 93.2 Å². The highest BCUT2D eigenvalue weighted by Gasteiger charge is 2.19. The molecule has 4 rings (SSSR count). The van der Waals surface area contributed by atoms with E-state index < -0.39 is 0 Å². The third kappa shape index (κ3) is 5.75. The van der Waals surface area contributed by atoms with Crippen LogP contribution in [0.5, 0.6) is 11.5 Å². The number of hydrogen-bond acceptors (Lipinski definition) is 8. The van der Waals surface area contributed by atoms with E-state index in [1.807, 2.05) is 48.5 Å². The van der Waals surface area contributed by atoms with Crippen molar-refractivity contribution < 1.29 is 9.47 Å². The van der Waals surface area contributed by atoms with Crippen molar-refractivity contribution in [2.24, 2.45) is 0 Å². The summed E-state index contributed by atoms with van der Waals surface area (Å²) < 4.78 is 10.4. The summed E-state index contributed by atoms with van der Waals surface area (Å²) in [6.07, 6.45) is 3.54. The second-order valence-corrected chi connectivity index (χ2v) is 7.48. The number of benzene rings is 2. The monoisotopic (exact) mass is 420 g/mol. The van der Waals surface area contributed by atoms with Gasteiger partial charge in [-0.1, -0.05) is 24.3 Å². The van der Waals surface area contributed by atoms with Crippen molar-refractivity contribution in [1.29, 1.82) is 0 Å². The smallest absolute Gasteiger partial charge is 0.229 e. The van der Waals surface area contributed by atoms with Gasteiger partial charge in [0.1, 0.15) is 11.5 Å². The molecule has 3 N–H and O–H groups in total. The van der Waals surface area contributed by atoms with Crippen LogP contribution in [-0.2, 0) is 13.1 Å². The van der Waals surface area contributed by atoms with Gasteiger partial charge >= 0.3 is 0 Å². The summed E-state index contributed by atoms with van der Waals surface area (Å²) in [5, 5.41) is 10.0. The van der Waals surface area contributed by atoms with Crippen LogP contribution in [0.2, 0.25) is 0 Å². The van der Waals surface area contributed by atoms with Crippen molar-refractivity contribution in [2.75, 3.05) is 30.2 Å². The third-order valence-corrected chi connectivity index (χ3v) is 5.29. The fourth-order valence-electron chi connectivity index (χ4n) is 3.18. The predicted octanol–water partition coefficient (Wildman–Crippen LogP) is 4.08. The van der Waals surface area contributed by atoms with Gasteiger partial charge in [-0.25, -0.2) is 0 Å². The first-order chi connectivity index (χ1) is 15.2. The summed E-state index contributed by atoms with van der Waals surface area (Å²) in [6.45, 7) is 1.21.